The third-order valence-electron chi connectivity index (χ3n) is 7.08. The van der Waals surface area contributed by atoms with E-state index in [4.69, 9.17) is 4.74 Å². The van der Waals surface area contributed by atoms with Crippen molar-refractivity contribution in [2.24, 2.45) is 0 Å². The zero-order valence-electron chi connectivity index (χ0n) is 22.4. The standard InChI is InChI=1S/C30H38N4O5/c1-2-7-24-28(36)32-16-5-9-22-8-3-4-11-27(22)39-19-17-31-25(20-21-12-14-23(35)15-13-21)30(38)34-18-6-10-26(34)29(37)33-24/h3-5,8-9,11-15,24-26,31,35H,2,6-7,10,16-20H2,1H3,(H,32,36)(H,33,37)/b9-5+/t24-,25+,26?/m0/s1. The quantitative estimate of drug-likeness (QED) is 0.478. The number of nitrogens with zero attached hydrogens (tertiary/aromatic N) is 1. The summed E-state index contributed by atoms with van der Waals surface area (Å²) in [6, 6.07) is 12.5. The summed E-state index contributed by atoms with van der Waals surface area (Å²) in [6.45, 7) is 3.52. The Kier molecular flexibility index (Phi) is 9.97. The van der Waals surface area contributed by atoms with Crippen LogP contribution in [0.2, 0.25) is 0 Å². The first-order chi connectivity index (χ1) is 19.0. The molecule has 0 spiro atoms. The van der Waals surface area contributed by atoms with Gasteiger partial charge < -0.3 is 30.7 Å². The number of phenolic OH excluding ortho intramolecular Hbond substituents is 1. The van der Waals surface area contributed by atoms with E-state index in [2.05, 4.69) is 16.0 Å². The highest BCUT2D eigenvalue weighted by Gasteiger charge is 2.38. The first-order valence-electron chi connectivity index (χ1n) is 13.7. The fourth-order valence-electron chi connectivity index (χ4n) is 5.06. The van der Waals surface area contributed by atoms with Gasteiger partial charge in [-0.3, -0.25) is 14.4 Å². The van der Waals surface area contributed by atoms with E-state index in [1.807, 2.05) is 43.3 Å². The molecule has 2 heterocycles. The van der Waals surface area contributed by atoms with E-state index in [0.29, 0.717) is 57.7 Å². The Morgan fingerprint density at radius 3 is 2.62 bits per heavy atom. The van der Waals surface area contributed by atoms with E-state index in [1.54, 1.807) is 29.2 Å². The van der Waals surface area contributed by atoms with Crippen LogP contribution < -0.4 is 20.7 Å². The molecule has 3 amide bonds. The van der Waals surface area contributed by atoms with Gasteiger partial charge in [-0.2, -0.15) is 0 Å². The molecular weight excluding hydrogens is 496 g/mol. The molecule has 0 bridgehead atoms. The van der Waals surface area contributed by atoms with Crippen molar-refractivity contribution >= 4 is 23.8 Å². The third kappa shape index (κ3) is 7.60. The number of carbonyl (C=O) groups is 3. The van der Waals surface area contributed by atoms with Crippen molar-refractivity contribution in [1.82, 2.24) is 20.9 Å². The van der Waals surface area contributed by atoms with Crippen molar-refractivity contribution in [1.29, 1.82) is 0 Å². The molecule has 3 atom stereocenters. The molecule has 208 valence electrons. The molecule has 0 aromatic heterocycles. The molecule has 0 saturated carbocycles. The van der Waals surface area contributed by atoms with E-state index in [-0.39, 0.29) is 23.5 Å². The van der Waals surface area contributed by atoms with Crippen molar-refractivity contribution in [2.45, 2.75) is 57.2 Å². The van der Waals surface area contributed by atoms with Crippen LogP contribution in [0, 0.1) is 0 Å². The molecule has 0 radical (unpaired) electrons. The predicted octanol–water partition coefficient (Wildman–Crippen LogP) is 2.39. The largest absolute Gasteiger partial charge is 0.508 e. The van der Waals surface area contributed by atoms with E-state index < -0.39 is 18.1 Å². The molecular formula is C30H38N4O5. The molecule has 9 nitrogen and oxygen atoms in total. The highest BCUT2D eigenvalue weighted by molar-refractivity contribution is 5.93. The maximum atomic E-state index is 13.8. The maximum Gasteiger partial charge on any atom is 0.243 e. The minimum absolute atomic E-state index is 0.158. The second-order valence-electron chi connectivity index (χ2n) is 9.95. The van der Waals surface area contributed by atoms with Gasteiger partial charge in [0.25, 0.3) is 0 Å². The third-order valence-corrected chi connectivity index (χ3v) is 7.08. The SMILES string of the molecule is CCC[C@@H]1NC(=O)C2CCCN2C(=O)[C@@H](Cc2ccc(O)cc2)NCCOc2ccccc2/C=C/CNC1=O. The van der Waals surface area contributed by atoms with Crippen molar-refractivity contribution in [2.75, 3.05) is 26.2 Å². The molecule has 0 aliphatic carbocycles. The zero-order valence-corrected chi connectivity index (χ0v) is 22.4. The van der Waals surface area contributed by atoms with Gasteiger partial charge in [0.15, 0.2) is 0 Å². The minimum Gasteiger partial charge on any atom is -0.508 e. The van der Waals surface area contributed by atoms with E-state index >= 15 is 0 Å². The molecule has 4 rings (SSSR count). The number of carbonyl (C=O) groups excluding carboxylic acids is 3. The van der Waals surface area contributed by atoms with Crippen LogP contribution in [0.4, 0.5) is 0 Å². The van der Waals surface area contributed by atoms with Gasteiger partial charge in [0.1, 0.15) is 30.2 Å². The molecule has 1 fully saturated rings. The van der Waals surface area contributed by atoms with Crippen LogP contribution in [0.1, 0.15) is 43.7 Å². The Balaban J connectivity index is 1.60. The summed E-state index contributed by atoms with van der Waals surface area (Å²) in [5.74, 6) is 0.155. The molecule has 9 heteroatoms. The fraction of sp³-hybridized carbons (Fsp3) is 0.433. The highest BCUT2D eigenvalue weighted by Crippen LogP contribution is 2.22. The van der Waals surface area contributed by atoms with Crippen molar-refractivity contribution < 1.29 is 24.2 Å². The molecule has 2 aliphatic heterocycles. The van der Waals surface area contributed by atoms with Crippen LogP contribution in [0.25, 0.3) is 6.08 Å². The first-order valence-corrected chi connectivity index (χ1v) is 13.7. The summed E-state index contributed by atoms with van der Waals surface area (Å²) in [4.78, 5) is 41.7. The lowest BCUT2D eigenvalue weighted by Gasteiger charge is -2.30. The van der Waals surface area contributed by atoms with Crippen LogP contribution in [-0.4, -0.2) is 72.1 Å². The van der Waals surface area contributed by atoms with Crippen LogP contribution in [0.15, 0.2) is 54.6 Å². The lowest BCUT2D eigenvalue weighted by molar-refractivity contribution is -0.141. The molecule has 2 aromatic rings. The van der Waals surface area contributed by atoms with Gasteiger partial charge in [0.05, 0.1) is 6.04 Å². The summed E-state index contributed by atoms with van der Waals surface area (Å²) in [5, 5.41) is 18.8. The molecule has 39 heavy (non-hydrogen) atoms. The summed E-state index contributed by atoms with van der Waals surface area (Å²) >= 11 is 0. The van der Waals surface area contributed by atoms with E-state index in [9.17, 15) is 19.5 Å². The fourth-order valence-corrected chi connectivity index (χ4v) is 5.06. The molecule has 1 unspecified atom stereocenters. The van der Waals surface area contributed by atoms with Crippen LogP contribution in [0.5, 0.6) is 11.5 Å². The van der Waals surface area contributed by atoms with Crippen LogP contribution in [-0.2, 0) is 20.8 Å². The average molecular weight is 535 g/mol. The highest BCUT2D eigenvalue weighted by atomic mass is 16.5. The number of para-hydroxylation sites is 1. The van der Waals surface area contributed by atoms with Crippen molar-refractivity contribution in [3.05, 3.63) is 65.7 Å². The summed E-state index contributed by atoms with van der Waals surface area (Å²) in [7, 11) is 0. The normalized spacial score (nSPS) is 23.9. The minimum atomic E-state index is -0.672. The Morgan fingerprint density at radius 2 is 1.82 bits per heavy atom. The number of hydrogen-bond acceptors (Lipinski definition) is 6. The summed E-state index contributed by atoms with van der Waals surface area (Å²) in [5.41, 5.74) is 1.76. The van der Waals surface area contributed by atoms with Crippen molar-refractivity contribution in [3.63, 3.8) is 0 Å². The number of fused-ring (bicyclic) bond motifs is 2. The van der Waals surface area contributed by atoms with Gasteiger partial charge in [-0.1, -0.05) is 55.8 Å². The first kappa shape index (κ1) is 28.2. The van der Waals surface area contributed by atoms with Gasteiger partial charge in [-0.05, 0) is 49.4 Å². The lowest BCUT2D eigenvalue weighted by Crippen LogP contribution is -2.56. The van der Waals surface area contributed by atoms with Crippen LogP contribution >= 0.6 is 0 Å². The summed E-state index contributed by atoms with van der Waals surface area (Å²) in [6.07, 6.45) is 6.64. The molecule has 1 saturated heterocycles. The number of ether oxygens (including phenoxy) is 1. The van der Waals surface area contributed by atoms with Gasteiger partial charge in [-0.15, -0.1) is 0 Å². The van der Waals surface area contributed by atoms with Crippen LogP contribution in [0.3, 0.4) is 0 Å². The Hall–Kier alpha value is -3.85. The molecule has 4 N–H and O–H groups in total. The monoisotopic (exact) mass is 534 g/mol. The Labute approximate surface area is 229 Å². The smallest absolute Gasteiger partial charge is 0.243 e. The number of aromatic hydroxyl groups is 1. The second-order valence-corrected chi connectivity index (χ2v) is 9.95. The lowest BCUT2D eigenvalue weighted by atomic mass is 10.0. The van der Waals surface area contributed by atoms with Gasteiger partial charge in [-0.25, -0.2) is 0 Å². The van der Waals surface area contributed by atoms with Gasteiger partial charge >= 0.3 is 0 Å². The number of rotatable bonds is 4. The average Bonchev–Trinajstić information content (AvgIpc) is 3.43. The predicted molar refractivity (Wildman–Crippen MR) is 149 cm³/mol. The zero-order chi connectivity index (χ0) is 27.6. The number of benzene rings is 2. The topological polar surface area (TPSA) is 120 Å². The number of phenols is 1. The Bertz CT molecular complexity index is 1170. The number of amides is 3. The van der Waals surface area contributed by atoms with E-state index in [0.717, 1.165) is 17.5 Å². The second kappa shape index (κ2) is 13.8. The molecule has 2 aliphatic rings. The summed E-state index contributed by atoms with van der Waals surface area (Å²) < 4.78 is 6.03. The van der Waals surface area contributed by atoms with Crippen molar-refractivity contribution in [3.8, 4) is 11.5 Å². The number of nitrogens with one attached hydrogen (secondary N) is 3. The van der Waals surface area contributed by atoms with Gasteiger partial charge in [0.2, 0.25) is 17.7 Å². The number of hydrogen-bond donors (Lipinski definition) is 4. The van der Waals surface area contributed by atoms with Gasteiger partial charge in [0, 0.05) is 25.2 Å². The molecule has 2 aromatic carbocycles. The Morgan fingerprint density at radius 1 is 1.03 bits per heavy atom. The maximum absolute atomic E-state index is 13.8. The van der Waals surface area contributed by atoms with E-state index in [1.165, 1.54) is 0 Å².